The van der Waals surface area contributed by atoms with Crippen molar-refractivity contribution in [2.45, 2.75) is 19.9 Å². The van der Waals surface area contributed by atoms with E-state index < -0.39 is 10.0 Å². The van der Waals surface area contributed by atoms with E-state index in [0.717, 1.165) is 30.3 Å². The van der Waals surface area contributed by atoms with Crippen LogP contribution in [0.25, 0.3) is 0 Å². The number of carbonyl (C=O) groups is 1. The van der Waals surface area contributed by atoms with Crippen LogP contribution in [0, 0.1) is 6.92 Å². The summed E-state index contributed by atoms with van der Waals surface area (Å²) in [6, 6.07) is 7.61. The first-order valence-corrected chi connectivity index (χ1v) is 9.45. The van der Waals surface area contributed by atoms with E-state index in [4.69, 9.17) is 0 Å². The molecule has 6 nitrogen and oxygen atoms in total. The van der Waals surface area contributed by atoms with Crippen LogP contribution in [0.4, 0.5) is 0 Å². The lowest BCUT2D eigenvalue weighted by Crippen LogP contribution is -2.40. The number of sulfonamides is 1. The van der Waals surface area contributed by atoms with Crippen LogP contribution in [-0.4, -0.2) is 63.5 Å². The lowest BCUT2D eigenvalue weighted by atomic mass is 10.1. The highest BCUT2D eigenvalue weighted by atomic mass is 32.2. The fourth-order valence-electron chi connectivity index (χ4n) is 2.03. The summed E-state index contributed by atoms with van der Waals surface area (Å²) in [6.07, 6.45) is 1.95. The zero-order valence-corrected chi connectivity index (χ0v) is 15.2. The van der Waals surface area contributed by atoms with Crippen molar-refractivity contribution in [3.8, 4) is 0 Å². The highest BCUT2D eigenvalue weighted by Crippen LogP contribution is 2.09. The minimum Gasteiger partial charge on any atom is -0.355 e. The van der Waals surface area contributed by atoms with Crippen LogP contribution < -0.4 is 5.32 Å². The first kappa shape index (κ1) is 19.6. The Morgan fingerprint density at radius 1 is 1.17 bits per heavy atom. The summed E-state index contributed by atoms with van der Waals surface area (Å²) < 4.78 is 25.0. The van der Waals surface area contributed by atoms with Crippen molar-refractivity contribution in [2.75, 3.05) is 40.0 Å². The zero-order valence-electron chi connectivity index (χ0n) is 14.4. The SMILES string of the molecule is Cc1ccc(CN(CC(=O)NCCCN(C)C)S(C)(=O)=O)cc1. The molecular weight excluding hydrogens is 314 g/mol. The van der Waals surface area contributed by atoms with Crippen LogP contribution in [0.3, 0.4) is 0 Å². The molecule has 1 N–H and O–H groups in total. The predicted molar refractivity (Wildman–Crippen MR) is 92.6 cm³/mol. The molecule has 0 aliphatic heterocycles. The number of nitrogens with one attached hydrogen (secondary N) is 1. The molecule has 7 heteroatoms. The minimum atomic E-state index is -3.45. The molecule has 130 valence electrons. The molecule has 0 saturated carbocycles. The van der Waals surface area contributed by atoms with Crippen LogP contribution in [-0.2, 0) is 21.4 Å². The summed E-state index contributed by atoms with van der Waals surface area (Å²) in [7, 11) is 0.486. The van der Waals surface area contributed by atoms with Gasteiger partial charge in [0.25, 0.3) is 0 Å². The van der Waals surface area contributed by atoms with Crippen LogP contribution in [0.2, 0.25) is 0 Å². The van der Waals surface area contributed by atoms with Crippen molar-refractivity contribution in [1.82, 2.24) is 14.5 Å². The van der Waals surface area contributed by atoms with Gasteiger partial charge in [-0.2, -0.15) is 4.31 Å². The van der Waals surface area contributed by atoms with E-state index in [-0.39, 0.29) is 19.0 Å². The number of carbonyl (C=O) groups excluding carboxylic acids is 1. The summed E-state index contributed by atoms with van der Waals surface area (Å²) >= 11 is 0. The third-order valence-corrected chi connectivity index (χ3v) is 4.57. The smallest absolute Gasteiger partial charge is 0.235 e. The van der Waals surface area contributed by atoms with E-state index in [0.29, 0.717) is 6.54 Å². The van der Waals surface area contributed by atoms with Gasteiger partial charge >= 0.3 is 0 Å². The minimum absolute atomic E-state index is 0.158. The van der Waals surface area contributed by atoms with Gasteiger partial charge in [0.15, 0.2) is 0 Å². The Hall–Kier alpha value is -1.44. The normalized spacial score (nSPS) is 11.9. The Morgan fingerprint density at radius 2 is 1.78 bits per heavy atom. The molecule has 0 unspecified atom stereocenters. The maximum absolute atomic E-state index is 12.0. The maximum atomic E-state index is 12.0. The number of aryl methyl sites for hydroxylation is 1. The van der Waals surface area contributed by atoms with Gasteiger partial charge in [0, 0.05) is 13.1 Å². The van der Waals surface area contributed by atoms with Crippen molar-refractivity contribution in [1.29, 1.82) is 0 Å². The second-order valence-electron chi connectivity index (χ2n) is 6.02. The van der Waals surface area contributed by atoms with E-state index in [1.807, 2.05) is 50.2 Å². The fraction of sp³-hybridized carbons (Fsp3) is 0.562. The fourth-order valence-corrected chi connectivity index (χ4v) is 2.76. The Bertz CT molecular complexity index is 598. The largest absolute Gasteiger partial charge is 0.355 e. The number of benzene rings is 1. The van der Waals surface area contributed by atoms with Crippen molar-refractivity contribution >= 4 is 15.9 Å². The van der Waals surface area contributed by atoms with Gasteiger partial charge in [-0.1, -0.05) is 29.8 Å². The second-order valence-corrected chi connectivity index (χ2v) is 8.01. The molecule has 0 spiro atoms. The molecule has 0 aromatic heterocycles. The molecule has 23 heavy (non-hydrogen) atoms. The molecule has 0 bridgehead atoms. The van der Waals surface area contributed by atoms with Crippen LogP contribution >= 0.6 is 0 Å². The van der Waals surface area contributed by atoms with Gasteiger partial charge in [-0.15, -0.1) is 0 Å². The Kier molecular flexibility index (Phi) is 7.67. The van der Waals surface area contributed by atoms with Gasteiger partial charge in [-0.25, -0.2) is 8.42 Å². The Morgan fingerprint density at radius 3 is 2.30 bits per heavy atom. The van der Waals surface area contributed by atoms with E-state index >= 15 is 0 Å². The summed E-state index contributed by atoms with van der Waals surface area (Å²) in [5, 5.41) is 2.76. The number of rotatable bonds is 9. The van der Waals surface area contributed by atoms with Crippen LogP contribution in [0.1, 0.15) is 17.5 Å². The molecule has 1 aromatic rings. The molecular formula is C16H27N3O3S. The molecule has 0 saturated heterocycles. The van der Waals surface area contributed by atoms with Gasteiger partial charge in [-0.05, 0) is 39.5 Å². The number of hydrogen-bond acceptors (Lipinski definition) is 4. The van der Waals surface area contributed by atoms with Crippen molar-refractivity contribution in [3.63, 3.8) is 0 Å². The lowest BCUT2D eigenvalue weighted by molar-refractivity contribution is -0.121. The van der Waals surface area contributed by atoms with Gasteiger partial charge in [0.1, 0.15) is 0 Å². The van der Waals surface area contributed by atoms with Gasteiger partial charge in [-0.3, -0.25) is 4.79 Å². The first-order valence-electron chi connectivity index (χ1n) is 7.60. The molecule has 0 aliphatic rings. The van der Waals surface area contributed by atoms with Gasteiger partial charge < -0.3 is 10.2 Å². The summed E-state index contributed by atoms with van der Waals surface area (Å²) in [6.45, 7) is 3.43. The molecule has 1 aromatic carbocycles. The molecule has 1 rings (SSSR count). The quantitative estimate of drug-likeness (QED) is 0.675. The molecule has 0 radical (unpaired) electrons. The third kappa shape index (κ3) is 8.11. The predicted octanol–water partition coefficient (Wildman–Crippen LogP) is 0.825. The van der Waals surface area contributed by atoms with Crippen molar-refractivity contribution in [3.05, 3.63) is 35.4 Å². The van der Waals surface area contributed by atoms with Gasteiger partial charge in [0.05, 0.1) is 12.8 Å². The average molecular weight is 341 g/mol. The Balaban J connectivity index is 2.58. The monoisotopic (exact) mass is 341 g/mol. The number of amides is 1. The zero-order chi connectivity index (χ0) is 17.5. The molecule has 0 atom stereocenters. The molecule has 0 fully saturated rings. The van der Waals surface area contributed by atoms with Crippen molar-refractivity contribution < 1.29 is 13.2 Å². The average Bonchev–Trinajstić information content (AvgIpc) is 2.44. The standard InChI is InChI=1S/C16H27N3O3S/c1-14-6-8-15(9-7-14)12-19(23(4,21)22)13-16(20)17-10-5-11-18(2)3/h6-9H,5,10-13H2,1-4H3,(H,17,20). The molecule has 0 aliphatic carbocycles. The van der Waals surface area contributed by atoms with Gasteiger partial charge in [0.2, 0.25) is 15.9 Å². The van der Waals surface area contributed by atoms with Crippen molar-refractivity contribution in [2.24, 2.45) is 0 Å². The lowest BCUT2D eigenvalue weighted by Gasteiger charge is -2.20. The summed E-state index contributed by atoms with van der Waals surface area (Å²) in [5.74, 6) is -0.277. The highest BCUT2D eigenvalue weighted by molar-refractivity contribution is 7.88. The highest BCUT2D eigenvalue weighted by Gasteiger charge is 2.20. The molecule has 1 amide bonds. The van der Waals surface area contributed by atoms with Crippen LogP contribution in [0.5, 0.6) is 0 Å². The Labute approximate surface area is 139 Å². The topological polar surface area (TPSA) is 69.7 Å². The first-order chi connectivity index (χ1) is 10.7. The second kappa shape index (κ2) is 9.00. The number of nitrogens with zero attached hydrogens (tertiary/aromatic N) is 2. The summed E-state index contributed by atoms with van der Waals surface area (Å²) in [4.78, 5) is 14.0. The molecule has 0 heterocycles. The van der Waals surface area contributed by atoms with E-state index in [1.165, 1.54) is 4.31 Å². The van der Waals surface area contributed by atoms with E-state index in [1.54, 1.807) is 0 Å². The summed E-state index contributed by atoms with van der Waals surface area (Å²) in [5.41, 5.74) is 1.97. The van der Waals surface area contributed by atoms with E-state index in [2.05, 4.69) is 5.32 Å². The third-order valence-electron chi connectivity index (χ3n) is 3.37. The van der Waals surface area contributed by atoms with E-state index in [9.17, 15) is 13.2 Å². The van der Waals surface area contributed by atoms with Crippen LogP contribution in [0.15, 0.2) is 24.3 Å². The number of hydrogen-bond donors (Lipinski definition) is 1. The maximum Gasteiger partial charge on any atom is 0.235 e.